The average molecular weight is 426 g/mol. The molecular weight excluding hydrogens is 400 g/mol. The number of esters is 1. The van der Waals surface area contributed by atoms with Gasteiger partial charge in [0, 0.05) is 12.1 Å². The van der Waals surface area contributed by atoms with E-state index in [4.69, 9.17) is 9.47 Å². The molecule has 1 aromatic heterocycles. The summed E-state index contributed by atoms with van der Waals surface area (Å²) in [5.74, 6) is -0.0936. The number of carbonyl (C=O) groups excluding carboxylic acids is 2. The van der Waals surface area contributed by atoms with Crippen molar-refractivity contribution in [3.05, 3.63) is 64.1 Å². The number of imidazole rings is 1. The Labute approximate surface area is 179 Å². The molecule has 8 heteroatoms. The quantitative estimate of drug-likeness (QED) is 0.417. The molecule has 0 saturated heterocycles. The minimum atomic E-state index is -0.985. The van der Waals surface area contributed by atoms with Gasteiger partial charge in [-0.1, -0.05) is 12.1 Å². The molecule has 0 aliphatic carbocycles. The van der Waals surface area contributed by atoms with E-state index in [0.717, 1.165) is 0 Å². The summed E-state index contributed by atoms with van der Waals surface area (Å²) in [4.78, 5) is 36.5. The molecule has 0 amide bonds. The van der Waals surface area contributed by atoms with E-state index in [1.165, 1.54) is 11.5 Å². The van der Waals surface area contributed by atoms with Gasteiger partial charge >= 0.3 is 11.7 Å². The van der Waals surface area contributed by atoms with E-state index in [0.29, 0.717) is 34.5 Å². The van der Waals surface area contributed by atoms with Gasteiger partial charge < -0.3 is 14.6 Å². The first-order valence-corrected chi connectivity index (χ1v) is 10.2. The molecule has 0 aliphatic heterocycles. The van der Waals surface area contributed by atoms with Crippen molar-refractivity contribution in [2.24, 2.45) is 0 Å². The molecule has 0 radical (unpaired) electrons. The second kappa shape index (κ2) is 9.61. The number of hydrogen-bond acceptors (Lipinski definition) is 6. The number of aliphatic hydroxyl groups is 1. The van der Waals surface area contributed by atoms with Crippen molar-refractivity contribution in [3.8, 4) is 5.75 Å². The highest BCUT2D eigenvalue weighted by Gasteiger charge is 2.18. The van der Waals surface area contributed by atoms with Crippen molar-refractivity contribution in [2.45, 2.75) is 40.0 Å². The molecule has 0 spiro atoms. The largest absolute Gasteiger partial charge is 0.491 e. The molecule has 0 fully saturated rings. The number of ketones is 1. The van der Waals surface area contributed by atoms with Gasteiger partial charge in [-0.05, 0) is 51.1 Å². The highest BCUT2D eigenvalue weighted by atomic mass is 16.5. The number of fused-ring (bicyclic) bond motifs is 1. The fraction of sp³-hybridized carbons (Fsp3) is 0.348. The van der Waals surface area contributed by atoms with E-state index in [1.807, 2.05) is 6.92 Å². The number of nitrogens with zero attached hydrogens (tertiary/aromatic N) is 2. The summed E-state index contributed by atoms with van der Waals surface area (Å²) in [5, 5.41) is 10.5. The molecule has 0 unspecified atom stereocenters. The third-order valence-electron chi connectivity index (χ3n) is 4.92. The number of aromatic nitrogens is 2. The first-order valence-electron chi connectivity index (χ1n) is 10.2. The summed E-state index contributed by atoms with van der Waals surface area (Å²) in [7, 11) is 0. The second-order valence-electron chi connectivity index (χ2n) is 7.11. The van der Waals surface area contributed by atoms with Crippen molar-refractivity contribution in [1.29, 1.82) is 0 Å². The summed E-state index contributed by atoms with van der Waals surface area (Å²) in [6.07, 6.45) is -0.985. The third kappa shape index (κ3) is 4.86. The van der Waals surface area contributed by atoms with Gasteiger partial charge in [0.15, 0.2) is 5.78 Å². The number of aliphatic hydroxyl groups excluding tert-OH is 1. The molecule has 2 aromatic carbocycles. The van der Waals surface area contributed by atoms with Crippen LogP contribution in [0.3, 0.4) is 0 Å². The Bertz CT molecular complexity index is 1160. The number of benzene rings is 2. The van der Waals surface area contributed by atoms with Crippen LogP contribution in [0.1, 0.15) is 41.5 Å². The number of Topliss-reactive ketones (excluding diaryl/α,β-unsaturated/α-hetero) is 1. The van der Waals surface area contributed by atoms with E-state index in [2.05, 4.69) is 0 Å². The van der Waals surface area contributed by atoms with Crippen molar-refractivity contribution in [1.82, 2.24) is 9.13 Å². The van der Waals surface area contributed by atoms with E-state index in [9.17, 15) is 19.5 Å². The molecule has 1 heterocycles. The van der Waals surface area contributed by atoms with Crippen LogP contribution in [0.15, 0.2) is 47.3 Å². The molecule has 1 N–H and O–H groups in total. The predicted molar refractivity (Wildman–Crippen MR) is 116 cm³/mol. The Morgan fingerprint density at radius 3 is 2.48 bits per heavy atom. The highest BCUT2D eigenvalue weighted by molar-refractivity contribution is 5.94. The minimum Gasteiger partial charge on any atom is -0.491 e. The lowest BCUT2D eigenvalue weighted by molar-refractivity contribution is 0.0526. The number of rotatable bonds is 9. The summed E-state index contributed by atoms with van der Waals surface area (Å²) in [5.41, 5.74) is 1.78. The van der Waals surface area contributed by atoms with Crippen LogP contribution in [-0.4, -0.2) is 45.3 Å². The van der Waals surface area contributed by atoms with Gasteiger partial charge in [0.05, 0.1) is 29.7 Å². The van der Waals surface area contributed by atoms with Crippen molar-refractivity contribution in [3.63, 3.8) is 0 Å². The van der Waals surface area contributed by atoms with Crippen molar-refractivity contribution < 1.29 is 24.2 Å². The SMILES string of the molecule is CCOC(=O)c1ccc2c(c1)n(C[C@@H](O)COc1cccc(C(C)=O)c1)c(=O)n2CC. The van der Waals surface area contributed by atoms with Crippen LogP contribution in [0, 0.1) is 0 Å². The molecule has 8 nitrogen and oxygen atoms in total. The zero-order chi connectivity index (χ0) is 22.5. The van der Waals surface area contributed by atoms with Gasteiger partial charge in [-0.3, -0.25) is 13.9 Å². The molecule has 3 rings (SSSR count). The van der Waals surface area contributed by atoms with Crippen molar-refractivity contribution >= 4 is 22.8 Å². The smallest absolute Gasteiger partial charge is 0.338 e. The molecule has 0 bridgehead atoms. The zero-order valence-corrected chi connectivity index (χ0v) is 17.8. The monoisotopic (exact) mass is 426 g/mol. The first kappa shape index (κ1) is 22.3. The Morgan fingerprint density at radius 2 is 1.81 bits per heavy atom. The van der Waals surface area contributed by atoms with Gasteiger partial charge in [0.1, 0.15) is 18.5 Å². The number of aryl methyl sites for hydroxylation is 1. The summed E-state index contributed by atoms with van der Waals surface area (Å²) < 4.78 is 13.7. The van der Waals surface area contributed by atoms with Crippen LogP contribution < -0.4 is 10.4 Å². The Morgan fingerprint density at radius 1 is 1.03 bits per heavy atom. The van der Waals surface area contributed by atoms with Gasteiger partial charge in [-0.2, -0.15) is 0 Å². The average Bonchev–Trinajstić information content (AvgIpc) is 3.02. The van der Waals surface area contributed by atoms with E-state index < -0.39 is 12.1 Å². The topological polar surface area (TPSA) is 99.8 Å². The fourth-order valence-electron chi connectivity index (χ4n) is 3.40. The Kier molecular flexibility index (Phi) is 6.91. The van der Waals surface area contributed by atoms with Crippen LogP contribution in [-0.2, 0) is 17.8 Å². The van der Waals surface area contributed by atoms with Gasteiger partial charge in [0.2, 0.25) is 0 Å². The van der Waals surface area contributed by atoms with Gasteiger partial charge in [0.25, 0.3) is 0 Å². The molecule has 31 heavy (non-hydrogen) atoms. The lowest BCUT2D eigenvalue weighted by atomic mass is 10.1. The molecule has 164 valence electrons. The number of hydrogen-bond donors (Lipinski definition) is 1. The van der Waals surface area contributed by atoms with Crippen molar-refractivity contribution in [2.75, 3.05) is 13.2 Å². The summed E-state index contributed by atoms with van der Waals surface area (Å²) in [6.45, 7) is 5.67. The van der Waals surface area contributed by atoms with Gasteiger partial charge in [-0.15, -0.1) is 0 Å². The lowest BCUT2D eigenvalue weighted by Crippen LogP contribution is -2.31. The summed E-state index contributed by atoms with van der Waals surface area (Å²) >= 11 is 0. The van der Waals surface area contributed by atoms with Gasteiger partial charge in [-0.25, -0.2) is 9.59 Å². The second-order valence-corrected chi connectivity index (χ2v) is 7.11. The summed E-state index contributed by atoms with van der Waals surface area (Å²) in [6, 6.07) is 11.6. The maximum atomic E-state index is 12.9. The van der Waals surface area contributed by atoms with Crippen LogP contribution >= 0.6 is 0 Å². The van der Waals surface area contributed by atoms with Crippen LogP contribution in [0.4, 0.5) is 0 Å². The molecule has 1 atom stereocenters. The number of ether oxygens (including phenoxy) is 2. The molecule has 3 aromatic rings. The zero-order valence-electron chi connectivity index (χ0n) is 17.8. The van der Waals surface area contributed by atoms with Crippen LogP contribution in [0.2, 0.25) is 0 Å². The molecular formula is C23H26N2O6. The molecule has 0 saturated carbocycles. The Balaban J connectivity index is 1.84. The normalized spacial score (nSPS) is 12.0. The Hall–Kier alpha value is -3.39. The maximum absolute atomic E-state index is 12.9. The van der Waals surface area contributed by atoms with Crippen LogP contribution in [0.5, 0.6) is 5.75 Å². The fourth-order valence-corrected chi connectivity index (χ4v) is 3.40. The molecule has 0 aliphatic rings. The highest BCUT2D eigenvalue weighted by Crippen LogP contribution is 2.18. The predicted octanol–water partition coefficient (Wildman–Crippen LogP) is 2.64. The lowest BCUT2D eigenvalue weighted by Gasteiger charge is -2.14. The van der Waals surface area contributed by atoms with E-state index in [1.54, 1.807) is 54.0 Å². The standard InChI is InChI=1S/C23H26N2O6/c1-4-24-20-10-9-17(22(28)30-5-2)12-21(20)25(23(24)29)13-18(27)14-31-19-8-6-7-16(11-19)15(3)26/h6-12,18,27H,4-5,13-14H2,1-3H3/t18-/m1/s1. The number of carbonyl (C=O) groups is 2. The third-order valence-corrected chi connectivity index (χ3v) is 4.92. The maximum Gasteiger partial charge on any atom is 0.338 e. The van der Waals surface area contributed by atoms with Crippen LogP contribution in [0.25, 0.3) is 11.0 Å². The first-order chi connectivity index (χ1) is 14.8. The van der Waals surface area contributed by atoms with E-state index >= 15 is 0 Å². The van der Waals surface area contributed by atoms with E-state index in [-0.39, 0.29) is 31.2 Å². The minimum absolute atomic E-state index is 0.0129.